The lowest BCUT2D eigenvalue weighted by molar-refractivity contribution is 0.378. The van der Waals surface area contributed by atoms with E-state index in [1.165, 1.54) is 6.07 Å². The number of rotatable bonds is 4. The summed E-state index contributed by atoms with van der Waals surface area (Å²) in [6, 6.07) is 8.47. The Labute approximate surface area is 168 Å². The highest BCUT2D eigenvalue weighted by atomic mass is 19.1. The van der Waals surface area contributed by atoms with Gasteiger partial charge in [0, 0.05) is 37.8 Å². The van der Waals surface area contributed by atoms with Crippen LogP contribution >= 0.6 is 0 Å². The van der Waals surface area contributed by atoms with E-state index >= 15 is 0 Å². The van der Waals surface area contributed by atoms with Crippen molar-refractivity contribution in [3.05, 3.63) is 65.1 Å². The van der Waals surface area contributed by atoms with E-state index in [9.17, 15) is 4.39 Å². The lowest BCUT2D eigenvalue weighted by atomic mass is 10.0. The highest BCUT2D eigenvalue weighted by Gasteiger charge is 2.28. The molecule has 4 rings (SSSR count). The molecule has 0 unspecified atom stereocenters. The number of benzene rings is 1. The minimum atomic E-state index is -0.361. The number of pyridine rings is 1. The number of aromatic nitrogens is 3. The summed E-state index contributed by atoms with van der Waals surface area (Å²) in [5.41, 5.74) is 6.48. The number of amidine groups is 1. The van der Waals surface area contributed by atoms with Crippen LogP contribution in [0.1, 0.15) is 22.8 Å². The third-order valence-electron chi connectivity index (χ3n) is 5.19. The Morgan fingerprint density at radius 1 is 1.31 bits per heavy atom. The van der Waals surface area contributed by atoms with Crippen LogP contribution in [0, 0.1) is 18.2 Å². The van der Waals surface area contributed by atoms with Crippen molar-refractivity contribution < 1.29 is 9.13 Å². The zero-order chi connectivity index (χ0) is 20.5. The summed E-state index contributed by atoms with van der Waals surface area (Å²) in [5, 5.41) is 8.93. The van der Waals surface area contributed by atoms with Crippen LogP contribution in [0.5, 0.6) is 5.75 Å². The number of aryl methyl sites for hydroxylation is 1. The predicted octanol–water partition coefficient (Wildman–Crippen LogP) is 2.96. The Morgan fingerprint density at radius 2 is 2.10 bits per heavy atom. The maximum Gasteiger partial charge on any atom is 0.149 e. The van der Waals surface area contributed by atoms with Crippen molar-refractivity contribution in [2.45, 2.75) is 19.9 Å². The summed E-state index contributed by atoms with van der Waals surface area (Å²) >= 11 is 0. The maximum atomic E-state index is 14.5. The lowest BCUT2D eigenvalue weighted by Gasteiger charge is -2.31. The number of methoxy groups -OCH3 is 1. The van der Waals surface area contributed by atoms with Gasteiger partial charge in [-0.25, -0.2) is 14.1 Å². The molecule has 0 fully saturated rings. The van der Waals surface area contributed by atoms with Gasteiger partial charge in [-0.2, -0.15) is 0 Å². The van der Waals surface area contributed by atoms with Crippen molar-refractivity contribution in [2.24, 2.45) is 0 Å². The Balaban J connectivity index is 1.75. The van der Waals surface area contributed by atoms with E-state index in [0.29, 0.717) is 41.6 Å². The van der Waals surface area contributed by atoms with E-state index in [4.69, 9.17) is 10.1 Å². The summed E-state index contributed by atoms with van der Waals surface area (Å²) in [6.07, 6.45) is 2.44. The molecule has 1 aliphatic heterocycles. The third-order valence-corrected chi connectivity index (χ3v) is 5.19. The van der Waals surface area contributed by atoms with Crippen LogP contribution in [0.4, 0.5) is 4.39 Å². The van der Waals surface area contributed by atoms with Gasteiger partial charge < -0.3 is 15.1 Å². The molecule has 8 heteroatoms. The van der Waals surface area contributed by atoms with E-state index in [0.717, 1.165) is 17.7 Å². The topological polar surface area (TPSA) is 79.1 Å². The van der Waals surface area contributed by atoms with Gasteiger partial charge in [-0.05, 0) is 30.7 Å². The molecule has 0 amide bonds. The Morgan fingerprint density at radius 3 is 2.83 bits per heavy atom. The molecular formula is C21H23FN6O. The first kappa shape index (κ1) is 18.9. The molecule has 0 bridgehead atoms. The monoisotopic (exact) mass is 394 g/mol. The average Bonchev–Trinajstić information content (AvgIpc) is 3.08. The van der Waals surface area contributed by atoms with Gasteiger partial charge >= 0.3 is 0 Å². The van der Waals surface area contributed by atoms with Crippen molar-refractivity contribution in [1.82, 2.24) is 19.5 Å². The first-order chi connectivity index (χ1) is 14.0. The maximum absolute atomic E-state index is 14.5. The zero-order valence-corrected chi connectivity index (χ0v) is 16.7. The molecular weight excluding hydrogens is 371 g/mol. The fraction of sp³-hybridized carbons (Fsp3) is 0.286. The molecule has 0 atom stereocenters. The molecule has 3 heterocycles. The molecule has 29 heavy (non-hydrogen) atoms. The second-order valence-corrected chi connectivity index (χ2v) is 6.90. The summed E-state index contributed by atoms with van der Waals surface area (Å²) in [4.78, 5) is 11.0. The van der Waals surface area contributed by atoms with Crippen LogP contribution in [0.2, 0.25) is 0 Å². The van der Waals surface area contributed by atoms with Gasteiger partial charge in [0.25, 0.3) is 0 Å². The molecule has 150 valence electrons. The van der Waals surface area contributed by atoms with Gasteiger partial charge in [0.1, 0.15) is 34.6 Å². The number of fused-ring (bicyclic) bond motifs is 1. The van der Waals surface area contributed by atoms with Crippen LogP contribution in [0.25, 0.3) is 11.3 Å². The minimum absolute atomic E-state index is 0.284. The first-order valence-corrected chi connectivity index (χ1v) is 9.41. The highest BCUT2D eigenvalue weighted by molar-refractivity contribution is 6.00. The quantitative estimate of drug-likeness (QED) is 0.525. The van der Waals surface area contributed by atoms with E-state index in [1.54, 1.807) is 43.2 Å². The number of ether oxygens (including phenoxy) is 1. The van der Waals surface area contributed by atoms with Crippen molar-refractivity contribution in [3.63, 3.8) is 0 Å². The van der Waals surface area contributed by atoms with Crippen molar-refractivity contribution in [1.29, 1.82) is 5.41 Å². The molecule has 0 radical (unpaired) electrons. The van der Waals surface area contributed by atoms with Gasteiger partial charge in [-0.3, -0.25) is 10.4 Å². The van der Waals surface area contributed by atoms with Crippen LogP contribution < -0.4 is 10.2 Å². The summed E-state index contributed by atoms with van der Waals surface area (Å²) < 4.78 is 21.5. The van der Waals surface area contributed by atoms with Crippen LogP contribution in [0.3, 0.4) is 0 Å². The summed E-state index contributed by atoms with van der Waals surface area (Å²) in [6.45, 7) is 3.01. The fourth-order valence-corrected chi connectivity index (χ4v) is 3.72. The molecule has 1 aromatic carbocycles. The van der Waals surface area contributed by atoms with Gasteiger partial charge in [0.2, 0.25) is 0 Å². The lowest BCUT2D eigenvalue weighted by Crippen LogP contribution is -2.38. The van der Waals surface area contributed by atoms with E-state index in [-0.39, 0.29) is 11.7 Å². The van der Waals surface area contributed by atoms with Gasteiger partial charge in [0.05, 0.1) is 13.3 Å². The number of hydrogen-bond acceptors (Lipinski definition) is 5. The Kier molecular flexibility index (Phi) is 4.92. The minimum Gasteiger partial charge on any atom is -0.495 e. The van der Waals surface area contributed by atoms with Crippen molar-refractivity contribution in [3.8, 4) is 17.0 Å². The second-order valence-electron chi connectivity index (χ2n) is 6.90. The van der Waals surface area contributed by atoms with Crippen molar-refractivity contribution >= 4 is 5.84 Å². The van der Waals surface area contributed by atoms with Crippen LogP contribution in [-0.2, 0) is 13.0 Å². The van der Waals surface area contributed by atoms with E-state index < -0.39 is 0 Å². The fourth-order valence-electron chi connectivity index (χ4n) is 3.72. The first-order valence-electron chi connectivity index (χ1n) is 9.41. The number of imidazole rings is 1. The van der Waals surface area contributed by atoms with E-state index in [2.05, 4.69) is 15.4 Å². The molecule has 2 N–H and O–H groups in total. The third kappa shape index (κ3) is 3.30. The Bertz CT molecular complexity index is 1080. The molecule has 1 aliphatic rings. The highest BCUT2D eigenvalue weighted by Crippen LogP contribution is 2.29. The van der Waals surface area contributed by atoms with Crippen LogP contribution in [-0.4, -0.2) is 46.1 Å². The number of halogens is 1. The Hall–Kier alpha value is -3.42. The molecule has 0 spiro atoms. The van der Waals surface area contributed by atoms with E-state index in [1.807, 2.05) is 17.9 Å². The summed E-state index contributed by atoms with van der Waals surface area (Å²) in [7, 11) is 3.37. The normalized spacial score (nSPS) is 13.2. The molecule has 0 saturated heterocycles. The molecule has 0 aliphatic carbocycles. The average molecular weight is 394 g/mol. The number of nitrogens with zero attached hydrogens (tertiary/aromatic N) is 4. The zero-order valence-electron chi connectivity index (χ0n) is 16.7. The van der Waals surface area contributed by atoms with Crippen LogP contribution in [0.15, 0.2) is 36.5 Å². The molecule has 3 aromatic rings. The number of hydrogen-bond donors (Lipinski definition) is 2. The second kappa shape index (κ2) is 7.54. The van der Waals surface area contributed by atoms with Gasteiger partial charge in [-0.1, -0.05) is 12.1 Å². The molecule has 0 saturated carbocycles. The standard InChI is InChI=1S/C21H23FN6O/c1-13-26-19(16-6-4-5-7-17(16)22)20(28(13)24-2)21(23)27-9-8-18-14(12-27)10-15(29-3)11-25-18/h4-7,10-11,23-24H,8-9,12H2,1-3H3. The molecule has 2 aromatic heterocycles. The molecule has 7 nitrogen and oxygen atoms in total. The van der Waals surface area contributed by atoms with Gasteiger partial charge in [-0.15, -0.1) is 0 Å². The predicted molar refractivity (Wildman–Crippen MR) is 109 cm³/mol. The smallest absolute Gasteiger partial charge is 0.149 e. The largest absolute Gasteiger partial charge is 0.495 e. The summed E-state index contributed by atoms with van der Waals surface area (Å²) in [5.74, 6) is 1.28. The van der Waals surface area contributed by atoms with Gasteiger partial charge in [0.15, 0.2) is 0 Å². The van der Waals surface area contributed by atoms with Crippen molar-refractivity contribution in [2.75, 3.05) is 26.1 Å². The number of nitrogens with one attached hydrogen (secondary N) is 2. The SMILES string of the molecule is CNn1c(C)nc(-c2ccccc2F)c1C(=N)N1CCc2ncc(OC)cc2C1.